The molecule has 0 heterocycles. The molecule has 1 aromatic carbocycles. The van der Waals surface area contributed by atoms with Gasteiger partial charge in [-0.1, -0.05) is 31.4 Å². The molecule has 3 N–H and O–H groups in total. The Hall–Kier alpha value is -1.02. The molecular weight excluding hydrogens is 198 g/mol. The number of hydrogen-bond acceptors (Lipinski definition) is 2. The van der Waals surface area contributed by atoms with Gasteiger partial charge in [-0.25, -0.2) is 0 Å². The van der Waals surface area contributed by atoms with Crippen molar-refractivity contribution in [2.45, 2.75) is 51.0 Å². The molecule has 1 saturated carbocycles. The Labute approximate surface area is 97.5 Å². The van der Waals surface area contributed by atoms with E-state index in [9.17, 15) is 5.11 Å². The molecule has 1 aliphatic carbocycles. The van der Waals surface area contributed by atoms with E-state index in [-0.39, 0.29) is 0 Å². The normalized spacial score (nSPS) is 19.6. The molecular formula is C14H21NO. The minimum absolute atomic E-state index is 0.428. The number of anilines is 1. The third-order valence-electron chi connectivity index (χ3n) is 3.64. The summed E-state index contributed by atoms with van der Waals surface area (Å²) in [5, 5.41) is 9.49. The minimum atomic E-state index is -0.428. The van der Waals surface area contributed by atoms with Crippen molar-refractivity contribution in [3.05, 3.63) is 29.3 Å². The minimum Gasteiger partial charge on any atom is -0.398 e. The first kappa shape index (κ1) is 11.5. The van der Waals surface area contributed by atoms with Crippen molar-refractivity contribution in [3.8, 4) is 0 Å². The fourth-order valence-corrected chi connectivity index (χ4v) is 2.64. The molecule has 1 aromatic rings. The molecule has 2 heteroatoms. The fourth-order valence-electron chi connectivity index (χ4n) is 2.64. The van der Waals surface area contributed by atoms with Crippen molar-refractivity contribution >= 4 is 5.69 Å². The number of hydrogen-bond donors (Lipinski definition) is 2. The molecule has 16 heavy (non-hydrogen) atoms. The molecule has 2 nitrogen and oxygen atoms in total. The summed E-state index contributed by atoms with van der Waals surface area (Å²) in [6.45, 7) is 1.77. The third kappa shape index (κ3) is 2.38. The van der Waals surface area contributed by atoms with Crippen LogP contribution in [-0.2, 0) is 0 Å². The zero-order valence-electron chi connectivity index (χ0n) is 9.95. The summed E-state index contributed by atoms with van der Waals surface area (Å²) in [7, 11) is 0. The smallest absolute Gasteiger partial charge is 0.0762 e. The van der Waals surface area contributed by atoms with E-state index in [4.69, 9.17) is 5.73 Å². The van der Waals surface area contributed by atoms with E-state index in [1.54, 1.807) is 6.92 Å². The summed E-state index contributed by atoms with van der Waals surface area (Å²) in [5.74, 6) is 0.636. The molecule has 0 aromatic heterocycles. The van der Waals surface area contributed by atoms with Crippen molar-refractivity contribution in [3.63, 3.8) is 0 Å². The lowest BCUT2D eigenvalue weighted by atomic mass is 9.83. The number of nitrogen functional groups attached to an aromatic ring is 1. The monoisotopic (exact) mass is 219 g/mol. The average molecular weight is 219 g/mol. The standard InChI is InChI=1S/C14H21NO/c1-10(16)12-7-8-13(14(15)9-12)11-5-3-2-4-6-11/h7-11,16H,2-6,15H2,1H3/t10-/m1/s1. The quantitative estimate of drug-likeness (QED) is 0.749. The number of benzene rings is 1. The van der Waals surface area contributed by atoms with Crippen LogP contribution in [0.25, 0.3) is 0 Å². The molecule has 2 rings (SSSR count). The molecule has 1 aliphatic rings. The maximum Gasteiger partial charge on any atom is 0.0762 e. The second-order valence-corrected chi connectivity index (χ2v) is 4.90. The predicted octanol–water partition coefficient (Wildman–Crippen LogP) is 3.37. The van der Waals surface area contributed by atoms with Crippen LogP contribution < -0.4 is 5.73 Å². The Bertz CT molecular complexity index is 354. The van der Waals surface area contributed by atoms with Crippen molar-refractivity contribution in [1.29, 1.82) is 0 Å². The molecule has 0 amide bonds. The molecule has 0 unspecified atom stereocenters. The molecule has 0 bridgehead atoms. The molecule has 0 saturated heterocycles. The first-order valence-electron chi connectivity index (χ1n) is 6.26. The fraction of sp³-hybridized carbons (Fsp3) is 0.571. The van der Waals surface area contributed by atoms with Crippen LogP contribution in [-0.4, -0.2) is 5.11 Å². The van der Waals surface area contributed by atoms with Gasteiger partial charge in [-0.2, -0.15) is 0 Å². The second kappa shape index (κ2) is 4.88. The molecule has 0 spiro atoms. The lowest BCUT2D eigenvalue weighted by Crippen LogP contribution is -2.08. The largest absolute Gasteiger partial charge is 0.398 e. The highest BCUT2D eigenvalue weighted by Crippen LogP contribution is 2.36. The van der Waals surface area contributed by atoms with Crippen molar-refractivity contribution in [2.24, 2.45) is 0 Å². The van der Waals surface area contributed by atoms with Crippen LogP contribution in [0.1, 0.15) is 62.2 Å². The molecule has 1 fully saturated rings. The van der Waals surface area contributed by atoms with Crippen molar-refractivity contribution in [1.82, 2.24) is 0 Å². The summed E-state index contributed by atoms with van der Waals surface area (Å²) in [4.78, 5) is 0. The zero-order chi connectivity index (χ0) is 11.5. The highest BCUT2D eigenvalue weighted by Gasteiger charge is 2.18. The Morgan fingerprint density at radius 3 is 2.50 bits per heavy atom. The lowest BCUT2D eigenvalue weighted by molar-refractivity contribution is 0.199. The second-order valence-electron chi connectivity index (χ2n) is 4.90. The predicted molar refractivity (Wildman–Crippen MR) is 67.3 cm³/mol. The van der Waals surface area contributed by atoms with Gasteiger partial charge in [0, 0.05) is 5.69 Å². The summed E-state index contributed by atoms with van der Waals surface area (Å²) in [6, 6.07) is 6.03. The van der Waals surface area contributed by atoms with Gasteiger partial charge in [-0.15, -0.1) is 0 Å². The highest BCUT2D eigenvalue weighted by molar-refractivity contribution is 5.51. The van der Waals surface area contributed by atoms with Gasteiger partial charge in [0.2, 0.25) is 0 Å². The Morgan fingerprint density at radius 1 is 1.25 bits per heavy atom. The van der Waals surface area contributed by atoms with Gasteiger partial charge >= 0.3 is 0 Å². The van der Waals surface area contributed by atoms with Crippen molar-refractivity contribution < 1.29 is 5.11 Å². The number of aliphatic hydroxyl groups excluding tert-OH is 1. The summed E-state index contributed by atoms with van der Waals surface area (Å²) in [6.07, 6.45) is 6.10. The van der Waals surface area contributed by atoms with E-state index in [0.29, 0.717) is 5.92 Å². The number of rotatable bonds is 2. The molecule has 88 valence electrons. The van der Waals surface area contributed by atoms with Crippen LogP contribution in [0.15, 0.2) is 18.2 Å². The first-order valence-corrected chi connectivity index (χ1v) is 6.26. The van der Waals surface area contributed by atoms with Crippen LogP contribution in [0.2, 0.25) is 0 Å². The van der Waals surface area contributed by atoms with Crippen LogP contribution >= 0.6 is 0 Å². The van der Waals surface area contributed by atoms with E-state index in [1.807, 2.05) is 12.1 Å². The maximum atomic E-state index is 9.49. The third-order valence-corrected chi connectivity index (χ3v) is 3.64. The SMILES string of the molecule is C[C@@H](O)c1ccc(C2CCCCC2)c(N)c1. The maximum absolute atomic E-state index is 9.49. The van der Waals surface area contributed by atoms with E-state index < -0.39 is 6.10 Å². The van der Waals surface area contributed by atoms with E-state index in [1.165, 1.54) is 37.7 Å². The van der Waals surface area contributed by atoms with E-state index in [0.717, 1.165) is 11.3 Å². The van der Waals surface area contributed by atoms with Gasteiger partial charge in [-0.05, 0) is 42.9 Å². The van der Waals surface area contributed by atoms with Crippen LogP contribution in [0.4, 0.5) is 5.69 Å². The van der Waals surface area contributed by atoms with Crippen LogP contribution in [0.3, 0.4) is 0 Å². The van der Waals surface area contributed by atoms with Gasteiger partial charge in [0.25, 0.3) is 0 Å². The summed E-state index contributed by atoms with van der Waals surface area (Å²) >= 11 is 0. The van der Waals surface area contributed by atoms with Crippen molar-refractivity contribution in [2.75, 3.05) is 5.73 Å². The van der Waals surface area contributed by atoms with Gasteiger partial charge < -0.3 is 10.8 Å². The van der Waals surface area contributed by atoms with Gasteiger partial charge in [-0.3, -0.25) is 0 Å². The number of nitrogens with two attached hydrogens (primary N) is 1. The topological polar surface area (TPSA) is 46.2 Å². The van der Waals surface area contributed by atoms with Crippen LogP contribution in [0, 0.1) is 0 Å². The van der Waals surface area contributed by atoms with E-state index >= 15 is 0 Å². The van der Waals surface area contributed by atoms with Gasteiger partial charge in [0.1, 0.15) is 0 Å². The zero-order valence-corrected chi connectivity index (χ0v) is 9.95. The molecule has 0 aliphatic heterocycles. The average Bonchev–Trinajstić information content (AvgIpc) is 2.30. The summed E-state index contributed by atoms with van der Waals surface area (Å²) < 4.78 is 0. The number of aliphatic hydroxyl groups is 1. The molecule has 1 atom stereocenters. The highest BCUT2D eigenvalue weighted by atomic mass is 16.3. The molecule has 0 radical (unpaired) electrons. The van der Waals surface area contributed by atoms with E-state index in [2.05, 4.69) is 6.07 Å². The van der Waals surface area contributed by atoms with Gasteiger partial charge in [0.05, 0.1) is 6.10 Å². The Morgan fingerprint density at radius 2 is 1.94 bits per heavy atom. The summed E-state index contributed by atoms with van der Waals surface area (Å²) in [5.41, 5.74) is 9.13. The first-order chi connectivity index (χ1) is 7.68. The van der Waals surface area contributed by atoms with Gasteiger partial charge in [0.15, 0.2) is 0 Å². The Kier molecular flexibility index (Phi) is 3.49. The lowest BCUT2D eigenvalue weighted by Gasteiger charge is -2.23. The Balaban J connectivity index is 2.21. The van der Waals surface area contributed by atoms with Crippen LogP contribution in [0.5, 0.6) is 0 Å².